The zero-order valence-electron chi connectivity index (χ0n) is 15.6. The molecule has 1 fully saturated rings. The predicted molar refractivity (Wildman–Crippen MR) is 119 cm³/mol. The maximum Gasteiger partial charge on any atom is 0.270 e. The lowest BCUT2D eigenvalue weighted by atomic mass is 10.1. The molecule has 2 amide bonds. The average Bonchev–Trinajstić information content (AvgIpc) is 3.15. The van der Waals surface area contributed by atoms with Crippen molar-refractivity contribution in [2.45, 2.75) is 17.0 Å². The highest BCUT2D eigenvalue weighted by Gasteiger charge is 2.35. The molecule has 1 aliphatic heterocycles. The van der Waals surface area contributed by atoms with Gasteiger partial charge in [-0.3, -0.25) is 19.8 Å². The van der Waals surface area contributed by atoms with Crippen LogP contribution in [-0.4, -0.2) is 21.9 Å². The molecule has 4 rings (SSSR count). The third kappa shape index (κ3) is 4.16. The lowest BCUT2D eigenvalue weighted by Crippen LogP contribution is -2.54. The van der Waals surface area contributed by atoms with Crippen LogP contribution in [0.25, 0.3) is 6.08 Å². The van der Waals surface area contributed by atoms with E-state index in [1.165, 1.54) is 22.7 Å². The minimum absolute atomic E-state index is 0.00656. The average molecular weight is 456 g/mol. The maximum absolute atomic E-state index is 13.1. The summed E-state index contributed by atoms with van der Waals surface area (Å²) in [6.45, 7) is 1.85. The maximum atomic E-state index is 13.1. The smallest absolute Gasteiger partial charge is 0.270 e. The molecule has 0 unspecified atom stereocenters. The van der Waals surface area contributed by atoms with Crippen LogP contribution in [0.3, 0.4) is 0 Å². The number of pyridine rings is 1. The monoisotopic (exact) mass is 455 g/mol. The molecule has 9 heteroatoms. The molecule has 3 heterocycles. The molecule has 0 atom stereocenters. The van der Waals surface area contributed by atoms with Crippen molar-refractivity contribution in [3.8, 4) is 0 Å². The second kappa shape index (κ2) is 8.43. The molecule has 30 heavy (non-hydrogen) atoms. The molecule has 1 aliphatic rings. The Balaban J connectivity index is 1.62. The minimum atomic E-state index is -0.588. The Morgan fingerprint density at radius 1 is 1.20 bits per heavy atom. The quantitative estimate of drug-likeness (QED) is 0.351. The number of nitrogens with one attached hydrogen (secondary N) is 1. The Hall–Kier alpha value is -2.94. The topological polar surface area (TPSA) is 75.4 Å². The zero-order chi connectivity index (χ0) is 21.3. The van der Waals surface area contributed by atoms with Gasteiger partial charge in [-0.15, -0.1) is 0 Å². The van der Waals surface area contributed by atoms with Crippen LogP contribution in [-0.2, 0) is 9.59 Å². The third-order valence-corrected chi connectivity index (χ3v) is 5.81. The fraction of sp³-hybridized carbons (Fsp3) is 0.0476. The normalized spacial score (nSPS) is 15.6. The summed E-state index contributed by atoms with van der Waals surface area (Å²) in [5.74, 6) is -0.782. The van der Waals surface area contributed by atoms with E-state index < -0.39 is 11.8 Å². The number of carbonyl (C=O) groups excluding carboxylic acids is 2. The van der Waals surface area contributed by atoms with E-state index in [1.54, 1.807) is 36.5 Å². The number of hydrogen-bond acceptors (Lipinski definition) is 6. The number of rotatable bonds is 4. The first-order valence-corrected chi connectivity index (χ1v) is 10.4. The molecular formula is C21H14ClN3O3S2. The SMILES string of the molecule is Cc1ccc(N2C(=O)/C(=C/c3ccc(Sc4ccccn4)o3)C(=O)NC2=S)cc1Cl. The number of halogens is 1. The van der Waals surface area contributed by atoms with Crippen molar-refractivity contribution in [2.24, 2.45) is 0 Å². The molecule has 6 nitrogen and oxygen atoms in total. The Kier molecular flexibility index (Phi) is 5.72. The van der Waals surface area contributed by atoms with Gasteiger partial charge in [-0.05, 0) is 78.9 Å². The van der Waals surface area contributed by atoms with Crippen LogP contribution in [0.15, 0.2) is 74.8 Å². The van der Waals surface area contributed by atoms with Gasteiger partial charge in [-0.1, -0.05) is 23.7 Å². The number of benzene rings is 1. The van der Waals surface area contributed by atoms with E-state index >= 15 is 0 Å². The molecule has 1 N–H and O–H groups in total. The summed E-state index contributed by atoms with van der Waals surface area (Å²) in [6, 6.07) is 14.1. The Bertz CT molecular complexity index is 1190. The Morgan fingerprint density at radius 3 is 2.77 bits per heavy atom. The first kappa shape index (κ1) is 20.3. The van der Waals surface area contributed by atoms with Crippen molar-refractivity contribution in [3.63, 3.8) is 0 Å². The van der Waals surface area contributed by atoms with Crippen LogP contribution in [0.5, 0.6) is 0 Å². The van der Waals surface area contributed by atoms with Crippen LogP contribution in [0, 0.1) is 6.92 Å². The summed E-state index contributed by atoms with van der Waals surface area (Å²) in [7, 11) is 0. The number of anilines is 1. The van der Waals surface area contributed by atoms with E-state index in [2.05, 4.69) is 10.3 Å². The number of thiocarbonyl (C=S) groups is 1. The van der Waals surface area contributed by atoms with Gasteiger partial charge in [-0.2, -0.15) is 0 Å². The van der Waals surface area contributed by atoms with E-state index in [4.69, 9.17) is 28.2 Å². The van der Waals surface area contributed by atoms with Gasteiger partial charge in [0.25, 0.3) is 11.8 Å². The van der Waals surface area contributed by atoms with Crippen LogP contribution < -0.4 is 10.2 Å². The molecule has 0 bridgehead atoms. The lowest BCUT2D eigenvalue weighted by molar-refractivity contribution is -0.122. The fourth-order valence-electron chi connectivity index (χ4n) is 2.73. The fourth-order valence-corrected chi connectivity index (χ4v) is 3.93. The highest BCUT2D eigenvalue weighted by atomic mass is 35.5. The van der Waals surface area contributed by atoms with Crippen molar-refractivity contribution >= 4 is 64.3 Å². The molecule has 0 aliphatic carbocycles. The first-order chi connectivity index (χ1) is 14.4. The summed E-state index contributed by atoms with van der Waals surface area (Å²) in [5.41, 5.74) is 1.24. The van der Waals surface area contributed by atoms with Crippen LogP contribution >= 0.6 is 35.6 Å². The molecule has 1 aromatic carbocycles. The van der Waals surface area contributed by atoms with E-state index in [-0.39, 0.29) is 10.7 Å². The summed E-state index contributed by atoms with van der Waals surface area (Å²) in [6.07, 6.45) is 3.08. The van der Waals surface area contributed by atoms with Crippen molar-refractivity contribution in [2.75, 3.05) is 4.90 Å². The van der Waals surface area contributed by atoms with Crippen LogP contribution in [0.4, 0.5) is 5.69 Å². The van der Waals surface area contributed by atoms with Crippen molar-refractivity contribution < 1.29 is 14.0 Å². The Morgan fingerprint density at radius 2 is 2.03 bits per heavy atom. The predicted octanol–water partition coefficient (Wildman–Crippen LogP) is 4.62. The molecular weight excluding hydrogens is 442 g/mol. The molecule has 0 radical (unpaired) electrons. The number of aryl methyl sites for hydroxylation is 1. The summed E-state index contributed by atoms with van der Waals surface area (Å²) in [5, 5.41) is 4.38. The highest BCUT2D eigenvalue weighted by Crippen LogP contribution is 2.30. The van der Waals surface area contributed by atoms with Gasteiger partial charge in [-0.25, -0.2) is 4.98 Å². The summed E-state index contributed by atoms with van der Waals surface area (Å²) in [4.78, 5) is 30.9. The summed E-state index contributed by atoms with van der Waals surface area (Å²) < 4.78 is 5.73. The standard InChI is InChI=1S/C21H14ClN3O3S2/c1-12-5-6-13(10-16(12)22)25-20(27)15(19(26)24-21(25)29)11-14-7-8-18(28-14)30-17-4-2-3-9-23-17/h2-11H,1H3,(H,24,26,29)/b15-11+. The number of aromatic nitrogens is 1. The van der Waals surface area contributed by atoms with E-state index in [0.29, 0.717) is 21.6 Å². The third-order valence-electron chi connectivity index (χ3n) is 4.25. The van der Waals surface area contributed by atoms with Crippen LogP contribution in [0.1, 0.15) is 11.3 Å². The van der Waals surface area contributed by atoms with Gasteiger partial charge in [0.2, 0.25) is 0 Å². The van der Waals surface area contributed by atoms with Crippen molar-refractivity contribution in [1.29, 1.82) is 0 Å². The lowest BCUT2D eigenvalue weighted by Gasteiger charge is -2.29. The molecule has 0 saturated carbocycles. The highest BCUT2D eigenvalue weighted by molar-refractivity contribution is 7.99. The zero-order valence-corrected chi connectivity index (χ0v) is 18.0. The molecule has 1 saturated heterocycles. The Labute approximate surface area is 186 Å². The van der Waals surface area contributed by atoms with Gasteiger partial charge in [0.1, 0.15) is 16.4 Å². The van der Waals surface area contributed by atoms with Crippen molar-refractivity contribution in [1.82, 2.24) is 10.3 Å². The molecule has 150 valence electrons. The van der Waals surface area contributed by atoms with Crippen LogP contribution in [0.2, 0.25) is 5.02 Å². The number of nitrogens with zero attached hydrogens (tertiary/aromatic N) is 2. The van der Waals surface area contributed by atoms with E-state index in [0.717, 1.165) is 10.6 Å². The van der Waals surface area contributed by atoms with Gasteiger partial charge in [0, 0.05) is 11.2 Å². The molecule has 2 aromatic heterocycles. The molecule has 0 spiro atoms. The number of amides is 2. The van der Waals surface area contributed by atoms with Gasteiger partial charge >= 0.3 is 0 Å². The largest absolute Gasteiger partial charge is 0.450 e. The van der Waals surface area contributed by atoms with Gasteiger partial charge in [0.05, 0.1) is 5.69 Å². The second-order valence-electron chi connectivity index (χ2n) is 6.32. The number of furan rings is 1. The second-order valence-corrected chi connectivity index (χ2v) is 8.14. The first-order valence-electron chi connectivity index (χ1n) is 8.79. The van der Waals surface area contributed by atoms with Gasteiger partial charge < -0.3 is 4.42 Å². The minimum Gasteiger partial charge on any atom is -0.450 e. The van der Waals surface area contributed by atoms with Crippen molar-refractivity contribution in [3.05, 3.63) is 76.6 Å². The number of hydrogen-bond donors (Lipinski definition) is 1. The van der Waals surface area contributed by atoms with E-state index in [9.17, 15) is 9.59 Å². The van der Waals surface area contributed by atoms with Gasteiger partial charge in [0.15, 0.2) is 10.2 Å². The van der Waals surface area contributed by atoms with E-state index in [1.807, 2.05) is 25.1 Å². The molecule has 3 aromatic rings. The summed E-state index contributed by atoms with van der Waals surface area (Å²) >= 11 is 12.7. The number of carbonyl (C=O) groups is 2.